The van der Waals surface area contributed by atoms with Crippen LogP contribution in [0.3, 0.4) is 0 Å². The topological polar surface area (TPSA) is 58.5 Å². The molecule has 1 N–H and O–H groups in total. The van der Waals surface area contributed by atoms with Gasteiger partial charge in [-0.25, -0.2) is 4.98 Å². The number of piperidine rings is 1. The number of aliphatic hydroxyl groups is 1. The highest BCUT2D eigenvalue weighted by Crippen LogP contribution is 2.40. The summed E-state index contributed by atoms with van der Waals surface area (Å²) in [7, 11) is 0. The fraction of sp³-hybridized carbons (Fsp3) is 0.474. The number of alkyl halides is 3. The van der Waals surface area contributed by atoms with Crippen molar-refractivity contribution in [1.82, 2.24) is 9.97 Å². The highest BCUT2D eigenvalue weighted by atomic mass is 35.5. The minimum absolute atomic E-state index is 0.0238. The number of nitrogens with zero attached hydrogens (tertiary/aromatic N) is 3. The van der Waals surface area contributed by atoms with E-state index in [0.29, 0.717) is 43.9 Å². The van der Waals surface area contributed by atoms with Crippen LogP contribution < -0.4 is 9.64 Å². The second kappa shape index (κ2) is 8.53. The van der Waals surface area contributed by atoms with Crippen molar-refractivity contribution in [3.05, 3.63) is 47.0 Å². The lowest BCUT2D eigenvalue weighted by molar-refractivity contribution is -0.140. The summed E-state index contributed by atoms with van der Waals surface area (Å²) >= 11 is 5.88. The summed E-state index contributed by atoms with van der Waals surface area (Å²) in [6, 6.07) is 2.99. The van der Waals surface area contributed by atoms with E-state index >= 15 is 0 Å². The zero-order chi connectivity index (χ0) is 20.3. The molecule has 2 aromatic heterocycles. The van der Waals surface area contributed by atoms with Gasteiger partial charge in [0.25, 0.3) is 0 Å². The third-order valence-corrected chi connectivity index (χ3v) is 5.06. The highest BCUT2D eigenvalue weighted by Gasteiger charge is 2.38. The smallest absolute Gasteiger partial charge is 0.435 e. The number of rotatable bonds is 5. The number of aromatic nitrogens is 2. The van der Waals surface area contributed by atoms with Crippen LogP contribution in [-0.2, 0) is 6.18 Å². The molecule has 3 rings (SSSR count). The molecule has 0 spiro atoms. The highest BCUT2D eigenvalue weighted by molar-refractivity contribution is 6.30. The first-order chi connectivity index (χ1) is 13.3. The van der Waals surface area contributed by atoms with E-state index < -0.39 is 18.0 Å². The maximum Gasteiger partial charge on any atom is 0.435 e. The van der Waals surface area contributed by atoms with Crippen molar-refractivity contribution in [2.75, 3.05) is 24.6 Å². The largest absolute Gasteiger partial charge is 0.493 e. The Morgan fingerprint density at radius 3 is 2.68 bits per heavy atom. The van der Waals surface area contributed by atoms with Gasteiger partial charge in [0.1, 0.15) is 5.75 Å². The molecule has 0 aliphatic carbocycles. The number of halogens is 4. The molecule has 0 amide bonds. The number of ether oxygens (including phenoxy) is 1. The predicted molar refractivity (Wildman–Crippen MR) is 99.6 cm³/mol. The van der Waals surface area contributed by atoms with Crippen molar-refractivity contribution in [2.45, 2.75) is 32.0 Å². The molecule has 3 heterocycles. The zero-order valence-electron chi connectivity index (χ0n) is 15.3. The average molecular weight is 416 g/mol. The molecule has 0 saturated carbocycles. The molecule has 1 unspecified atom stereocenters. The number of hydrogen-bond donors (Lipinski definition) is 1. The Morgan fingerprint density at radius 2 is 2.04 bits per heavy atom. The molecule has 1 atom stereocenters. The van der Waals surface area contributed by atoms with Gasteiger partial charge in [0.15, 0.2) is 5.69 Å². The van der Waals surface area contributed by atoms with E-state index in [-0.39, 0.29) is 16.6 Å². The van der Waals surface area contributed by atoms with Gasteiger partial charge in [-0.3, -0.25) is 4.98 Å². The minimum atomic E-state index is -4.56. The third-order valence-electron chi connectivity index (χ3n) is 4.86. The van der Waals surface area contributed by atoms with E-state index in [1.807, 2.05) is 6.92 Å². The first-order valence-electron chi connectivity index (χ1n) is 9.03. The molecular formula is C19H21ClF3N3O2. The summed E-state index contributed by atoms with van der Waals surface area (Å²) in [4.78, 5) is 9.16. The number of aliphatic hydroxyl groups excluding tert-OH is 1. The number of anilines is 1. The van der Waals surface area contributed by atoms with Crippen LogP contribution in [0.2, 0.25) is 5.02 Å². The molecule has 1 aliphatic rings. The molecule has 1 saturated heterocycles. The number of pyridine rings is 2. The van der Waals surface area contributed by atoms with E-state index in [1.54, 1.807) is 23.4 Å². The van der Waals surface area contributed by atoms with E-state index in [9.17, 15) is 18.3 Å². The minimum Gasteiger partial charge on any atom is -0.493 e. The van der Waals surface area contributed by atoms with Gasteiger partial charge in [0, 0.05) is 37.2 Å². The maximum atomic E-state index is 13.3. The fourth-order valence-electron chi connectivity index (χ4n) is 3.50. The molecule has 0 bridgehead atoms. The molecular weight excluding hydrogens is 395 g/mol. The van der Waals surface area contributed by atoms with Crippen molar-refractivity contribution in [3.63, 3.8) is 0 Å². The van der Waals surface area contributed by atoms with E-state index in [2.05, 4.69) is 9.97 Å². The Hall–Kier alpha value is -2.06. The first kappa shape index (κ1) is 20.7. The van der Waals surface area contributed by atoms with Crippen molar-refractivity contribution < 1.29 is 23.0 Å². The van der Waals surface area contributed by atoms with Crippen LogP contribution in [0.5, 0.6) is 5.75 Å². The summed E-state index contributed by atoms with van der Waals surface area (Å²) < 4.78 is 45.4. The van der Waals surface area contributed by atoms with Crippen LogP contribution in [0.1, 0.15) is 37.1 Å². The van der Waals surface area contributed by atoms with E-state index in [1.165, 1.54) is 6.07 Å². The second-order valence-electron chi connectivity index (χ2n) is 6.63. The summed E-state index contributed by atoms with van der Waals surface area (Å²) in [5.41, 5.74) is -0.366. The Labute approximate surface area is 166 Å². The summed E-state index contributed by atoms with van der Waals surface area (Å²) in [6.07, 6.45) is -0.145. The molecule has 1 fully saturated rings. The fourth-order valence-corrected chi connectivity index (χ4v) is 3.65. The van der Waals surface area contributed by atoms with E-state index in [4.69, 9.17) is 16.3 Å². The average Bonchev–Trinajstić information content (AvgIpc) is 2.67. The predicted octanol–water partition coefficient (Wildman–Crippen LogP) is 4.50. The van der Waals surface area contributed by atoms with Gasteiger partial charge >= 0.3 is 6.18 Å². The van der Waals surface area contributed by atoms with Gasteiger partial charge in [0.2, 0.25) is 0 Å². The van der Waals surface area contributed by atoms with Crippen LogP contribution in [-0.4, -0.2) is 34.8 Å². The van der Waals surface area contributed by atoms with Crippen LogP contribution in [0, 0.1) is 5.92 Å². The van der Waals surface area contributed by atoms with Crippen LogP contribution in [0.4, 0.5) is 18.9 Å². The molecule has 9 heteroatoms. The molecule has 1 aliphatic heterocycles. The molecule has 0 aromatic carbocycles. The Morgan fingerprint density at radius 1 is 1.32 bits per heavy atom. The summed E-state index contributed by atoms with van der Waals surface area (Å²) in [5.74, 6) is 0.465. The van der Waals surface area contributed by atoms with Gasteiger partial charge in [0.05, 0.1) is 23.4 Å². The Kier molecular flexibility index (Phi) is 6.30. The Bertz CT molecular complexity index is 811. The normalized spacial score (nSPS) is 16.9. The van der Waals surface area contributed by atoms with Crippen LogP contribution in [0.15, 0.2) is 30.7 Å². The lowest BCUT2D eigenvalue weighted by atomic mass is 9.87. The molecule has 28 heavy (non-hydrogen) atoms. The standard InChI is InChI=1S/C19H21ClF3N3O2/c1-2-28-16-3-6-24-11-14(16)17(27)12-4-7-26(8-5-12)15-9-13(20)10-25-18(15)19(21,22)23/h3,6,9-12,17,27H,2,4-5,7-8H2,1H3. The van der Waals surface area contributed by atoms with Crippen LogP contribution in [0.25, 0.3) is 0 Å². The quantitative estimate of drug-likeness (QED) is 0.779. The molecule has 0 radical (unpaired) electrons. The van der Waals surface area contributed by atoms with Gasteiger partial charge in [-0.1, -0.05) is 11.6 Å². The van der Waals surface area contributed by atoms with Crippen molar-refractivity contribution in [3.8, 4) is 5.75 Å². The second-order valence-corrected chi connectivity index (χ2v) is 7.07. The summed E-state index contributed by atoms with van der Waals surface area (Å²) in [6.45, 7) is 3.03. The number of hydrogen-bond acceptors (Lipinski definition) is 5. The van der Waals surface area contributed by atoms with Crippen molar-refractivity contribution >= 4 is 17.3 Å². The molecule has 2 aromatic rings. The lowest BCUT2D eigenvalue weighted by Crippen LogP contribution is -2.37. The van der Waals surface area contributed by atoms with Gasteiger partial charge in [-0.2, -0.15) is 13.2 Å². The third kappa shape index (κ3) is 4.50. The zero-order valence-corrected chi connectivity index (χ0v) is 16.0. The van der Waals surface area contributed by atoms with E-state index in [0.717, 1.165) is 6.20 Å². The monoisotopic (exact) mass is 415 g/mol. The molecule has 152 valence electrons. The van der Waals surface area contributed by atoms with Gasteiger partial charge in [-0.15, -0.1) is 0 Å². The van der Waals surface area contributed by atoms with Gasteiger partial charge in [-0.05, 0) is 37.8 Å². The molecule has 5 nitrogen and oxygen atoms in total. The van der Waals surface area contributed by atoms with Crippen molar-refractivity contribution in [1.29, 1.82) is 0 Å². The van der Waals surface area contributed by atoms with Gasteiger partial charge < -0.3 is 14.7 Å². The van der Waals surface area contributed by atoms with Crippen LogP contribution >= 0.6 is 11.6 Å². The Balaban J connectivity index is 1.74. The maximum absolute atomic E-state index is 13.3. The SMILES string of the molecule is CCOc1ccncc1C(O)C1CCN(c2cc(Cl)cnc2C(F)(F)F)CC1. The summed E-state index contributed by atoms with van der Waals surface area (Å²) in [5, 5.41) is 10.9. The van der Waals surface area contributed by atoms with Crippen molar-refractivity contribution in [2.24, 2.45) is 5.92 Å². The first-order valence-corrected chi connectivity index (χ1v) is 9.41. The lowest BCUT2D eigenvalue weighted by Gasteiger charge is -2.36.